The predicted octanol–water partition coefficient (Wildman–Crippen LogP) is 2.73. The lowest BCUT2D eigenvalue weighted by Crippen LogP contribution is -2.44. The van der Waals surface area contributed by atoms with Gasteiger partial charge in [0.2, 0.25) is 5.91 Å². The molecule has 1 aliphatic rings. The maximum absolute atomic E-state index is 11.9. The van der Waals surface area contributed by atoms with Crippen molar-refractivity contribution in [2.75, 3.05) is 5.32 Å². The van der Waals surface area contributed by atoms with E-state index in [1.165, 1.54) is 6.42 Å². The lowest BCUT2D eigenvalue weighted by Gasteiger charge is -2.32. The number of anilines is 1. The smallest absolute Gasteiger partial charge is 0.226 e. The molecule has 0 aromatic carbocycles. The van der Waals surface area contributed by atoms with Crippen LogP contribution >= 0.6 is 11.6 Å². The molecule has 0 bridgehead atoms. The van der Waals surface area contributed by atoms with Crippen LogP contribution in [0.25, 0.3) is 0 Å². The molecule has 1 amide bonds. The van der Waals surface area contributed by atoms with Gasteiger partial charge in [-0.15, -0.1) is 0 Å². The highest BCUT2D eigenvalue weighted by Crippen LogP contribution is 2.28. The Bertz CT molecular complexity index is 413. The van der Waals surface area contributed by atoms with E-state index in [1.54, 1.807) is 18.3 Å². The van der Waals surface area contributed by atoms with Gasteiger partial charge in [-0.1, -0.05) is 30.9 Å². The number of amides is 1. The number of halogens is 1. The van der Waals surface area contributed by atoms with E-state index < -0.39 is 0 Å². The Balaban J connectivity index is 1.90. The number of nitrogens with zero attached hydrogens (tertiary/aromatic N) is 1. The van der Waals surface area contributed by atoms with Gasteiger partial charge in [0.05, 0.1) is 11.9 Å². The van der Waals surface area contributed by atoms with Gasteiger partial charge in [0.25, 0.3) is 0 Å². The molecule has 98 valence electrons. The average molecular weight is 268 g/mol. The quantitative estimate of drug-likeness (QED) is 0.828. The summed E-state index contributed by atoms with van der Waals surface area (Å²) in [5.74, 6) is -0.0523. The van der Waals surface area contributed by atoms with E-state index >= 15 is 0 Å². The molecule has 1 aromatic heterocycles. The minimum Gasteiger partial charge on any atom is -0.325 e. The van der Waals surface area contributed by atoms with Gasteiger partial charge in [0.1, 0.15) is 5.15 Å². The molecule has 0 aliphatic heterocycles. The molecule has 4 nitrogen and oxygen atoms in total. The third-order valence-electron chi connectivity index (χ3n) is 3.37. The fourth-order valence-corrected chi connectivity index (χ4v) is 2.52. The molecular weight excluding hydrogens is 250 g/mol. The summed E-state index contributed by atoms with van der Waals surface area (Å²) in [5.41, 5.74) is 6.57. The first-order chi connectivity index (χ1) is 8.57. The van der Waals surface area contributed by atoms with Crippen LogP contribution in [0.5, 0.6) is 0 Å². The molecule has 0 atom stereocenters. The summed E-state index contributed by atoms with van der Waals surface area (Å²) < 4.78 is 0. The molecule has 0 radical (unpaired) electrons. The number of nitrogens with one attached hydrogen (secondary N) is 1. The topological polar surface area (TPSA) is 68.0 Å². The van der Waals surface area contributed by atoms with Gasteiger partial charge in [-0.25, -0.2) is 4.98 Å². The van der Waals surface area contributed by atoms with E-state index in [1.807, 2.05) is 0 Å². The number of hydrogen-bond acceptors (Lipinski definition) is 3. The van der Waals surface area contributed by atoms with Gasteiger partial charge in [-0.2, -0.15) is 0 Å². The zero-order valence-corrected chi connectivity index (χ0v) is 11.0. The molecule has 3 N–H and O–H groups in total. The fourth-order valence-electron chi connectivity index (χ4n) is 2.41. The lowest BCUT2D eigenvalue weighted by atomic mass is 9.80. The maximum Gasteiger partial charge on any atom is 0.226 e. The lowest BCUT2D eigenvalue weighted by molar-refractivity contribution is -0.117. The highest BCUT2D eigenvalue weighted by atomic mass is 35.5. The van der Waals surface area contributed by atoms with Crippen molar-refractivity contribution < 1.29 is 4.79 Å². The maximum atomic E-state index is 11.9. The summed E-state index contributed by atoms with van der Waals surface area (Å²) in [6, 6.07) is 3.38. The summed E-state index contributed by atoms with van der Waals surface area (Å²) in [5, 5.41) is 3.21. The standard InChI is InChI=1S/C13H18ClN3O/c14-11-5-4-10(9-16-11)17-12(18)8-13(15)6-2-1-3-7-13/h4-5,9H,1-3,6-8,15H2,(H,17,18). The average Bonchev–Trinajstić information content (AvgIpc) is 2.32. The Hall–Kier alpha value is -1.13. The van der Waals surface area contributed by atoms with E-state index in [-0.39, 0.29) is 11.4 Å². The van der Waals surface area contributed by atoms with E-state index in [9.17, 15) is 4.79 Å². The fraction of sp³-hybridized carbons (Fsp3) is 0.538. The molecule has 18 heavy (non-hydrogen) atoms. The third kappa shape index (κ3) is 3.68. The highest BCUT2D eigenvalue weighted by Gasteiger charge is 2.29. The van der Waals surface area contributed by atoms with Crippen molar-refractivity contribution in [1.29, 1.82) is 0 Å². The van der Waals surface area contributed by atoms with Crippen LogP contribution in [0.4, 0.5) is 5.69 Å². The van der Waals surface area contributed by atoms with Gasteiger partial charge in [-0.3, -0.25) is 4.79 Å². The molecule has 1 heterocycles. The van der Waals surface area contributed by atoms with Crippen LogP contribution in [0.2, 0.25) is 5.15 Å². The van der Waals surface area contributed by atoms with Gasteiger partial charge in [-0.05, 0) is 25.0 Å². The first-order valence-corrected chi connectivity index (χ1v) is 6.66. The second-order valence-corrected chi connectivity index (χ2v) is 5.40. The molecule has 0 spiro atoms. The normalized spacial score (nSPS) is 18.3. The molecule has 1 aromatic rings. The van der Waals surface area contributed by atoms with E-state index in [0.717, 1.165) is 25.7 Å². The van der Waals surface area contributed by atoms with Crippen molar-refractivity contribution in [2.45, 2.75) is 44.1 Å². The third-order valence-corrected chi connectivity index (χ3v) is 3.60. The van der Waals surface area contributed by atoms with Crippen molar-refractivity contribution in [3.8, 4) is 0 Å². The van der Waals surface area contributed by atoms with Crippen LogP contribution < -0.4 is 11.1 Å². The number of carbonyl (C=O) groups is 1. The largest absolute Gasteiger partial charge is 0.325 e. The summed E-state index contributed by atoms with van der Waals surface area (Å²) >= 11 is 5.68. The number of nitrogens with two attached hydrogens (primary N) is 1. The highest BCUT2D eigenvalue weighted by molar-refractivity contribution is 6.29. The molecular formula is C13H18ClN3O. The number of hydrogen-bond donors (Lipinski definition) is 2. The van der Waals surface area contributed by atoms with Crippen LogP contribution in [0.15, 0.2) is 18.3 Å². The Morgan fingerprint density at radius 1 is 1.39 bits per heavy atom. The van der Waals surface area contributed by atoms with Crippen molar-refractivity contribution >= 4 is 23.2 Å². The zero-order valence-electron chi connectivity index (χ0n) is 10.3. The number of rotatable bonds is 3. The summed E-state index contributed by atoms with van der Waals surface area (Å²) in [7, 11) is 0. The molecule has 0 saturated heterocycles. The Kier molecular flexibility index (Phi) is 4.19. The van der Waals surface area contributed by atoms with E-state index in [4.69, 9.17) is 17.3 Å². The van der Waals surface area contributed by atoms with E-state index in [0.29, 0.717) is 17.3 Å². The second kappa shape index (κ2) is 5.67. The van der Waals surface area contributed by atoms with Crippen LogP contribution in [0.1, 0.15) is 38.5 Å². The molecule has 0 unspecified atom stereocenters. The molecule has 2 rings (SSSR count). The molecule has 1 saturated carbocycles. The first kappa shape index (κ1) is 13.3. The number of carbonyl (C=O) groups excluding carboxylic acids is 1. The number of aromatic nitrogens is 1. The number of pyridine rings is 1. The van der Waals surface area contributed by atoms with Crippen LogP contribution in [-0.4, -0.2) is 16.4 Å². The van der Waals surface area contributed by atoms with E-state index in [2.05, 4.69) is 10.3 Å². The van der Waals surface area contributed by atoms with Gasteiger partial charge < -0.3 is 11.1 Å². The van der Waals surface area contributed by atoms with Gasteiger partial charge in [0, 0.05) is 12.0 Å². The molecule has 1 fully saturated rings. The van der Waals surface area contributed by atoms with Crippen molar-refractivity contribution in [3.05, 3.63) is 23.5 Å². The monoisotopic (exact) mass is 267 g/mol. The minimum absolute atomic E-state index is 0.0523. The zero-order chi connectivity index (χ0) is 13.0. The van der Waals surface area contributed by atoms with Crippen molar-refractivity contribution in [1.82, 2.24) is 4.98 Å². The summed E-state index contributed by atoms with van der Waals surface area (Å²) in [6.45, 7) is 0. The first-order valence-electron chi connectivity index (χ1n) is 6.28. The predicted molar refractivity (Wildman–Crippen MR) is 72.5 cm³/mol. The van der Waals surface area contributed by atoms with Crippen LogP contribution in [0, 0.1) is 0 Å². The molecule has 5 heteroatoms. The van der Waals surface area contributed by atoms with Crippen molar-refractivity contribution in [2.24, 2.45) is 5.73 Å². The second-order valence-electron chi connectivity index (χ2n) is 5.02. The SMILES string of the molecule is NC1(CC(=O)Nc2ccc(Cl)nc2)CCCCC1. The van der Waals surface area contributed by atoms with Crippen LogP contribution in [-0.2, 0) is 4.79 Å². The molecule has 1 aliphatic carbocycles. The summed E-state index contributed by atoms with van der Waals surface area (Å²) in [4.78, 5) is 15.8. The Morgan fingerprint density at radius 2 is 2.11 bits per heavy atom. The van der Waals surface area contributed by atoms with Gasteiger partial charge >= 0.3 is 0 Å². The minimum atomic E-state index is -0.331. The van der Waals surface area contributed by atoms with Gasteiger partial charge in [0.15, 0.2) is 0 Å². The van der Waals surface area contributed by atoms with Crippen molar-refractivity contribution in [3.63, 3.8) is 0 Å². The Labute approximate surface area is 112 Å². The Morgan fingerprint density at radius 3 is 2.72 bits per heavy atom. The summed E-state index contributed by atoms with van der Waals surface area (Å²) in [6.07, 6.45) is 7.23. The van der Waals surface area contributed by atoms with Crippen LogP contribution in [0.3, 0.4) is 0 Å².